The smallest absolute Gasteiger partial charge is 0.338 e. The molecular formula is C12H9ClFNO2. The van der Waals surface area contributed by atoms with Crippen LogP contribution in [0.3, 0.4) is 0 Å². The molecule has 0 aliphatic carbocycles. The van der Waals surface area contributed by atoms with E-state index < -0.39 is 11.8 Å². The third-order valence-electron chi connectivity index (χ3n) is 2.24. The number of rotatable bonds is 2. The van der Waals surface area contributed by atoms with E-state index in [4.69, 9.17) is 16.3 Å². The lowest BCUT2D eigenvalue weighted by molar-refractivity contribution is 0.0528. The van der Waals surface area contributed by atoms with E-state index in [9.17, 15) is 9.18 Å². The van der Waals surface area contributed by atoms with Crippen LogP contribution in [-0.2, 0) is 4.74 Å². The molecule has 1 aromatic heterocycles. The minimum atomic E-state index is -0.492. The van der Waals surface area contributed by atoms with E-state index in [-0.39, 0.29) is 11.8 Å². The highest BCUT2D eigenvalue weighted by molar-refractivity contribution is 6.30. The molecule has 0 aliphatic rings. The van der Waals surface area contributed by atoms with Gasteiger partial charge in [0, 0.05) is 11.5 Å². The van der Waals surface area contributed by atoms with Gasteiger partial charge in [0.1, 0.15) is 11.0 Å². The second kappa shape index (κ2) is 4.67. The molecule has 1 aromatic carbocycles. The van der Waals surface area contributed by atoms with E-state index in [1.807, 2.05) is 0 Å². The maximum absolute atomic E-state index is 13.0. The van der Waals surface area contributed by atoms with Crippen molar-refractivity contribution in [2.24, 2.45) is 0 Å². The average molecular weight is 254 g/mol. The van der Waals surface area contributed by atoms with Crippen LogP contribution in [0.15, 0.2) is 24.3 Å². The van der Waals surface area contributed by atoms with Crippen molar-refractivity contribution in [3.63, 3.8) is 0 Å². The Morgan fingerprint density at radius 2 is 2.24 bits per heavy atom. The van der Waals surface area contributed by atoms with Gasteiger partial charge < -0.3 is 4.74 Å². The molecule has 0 bridgehead atoms. The first-order valence-electron chi connectivity index (χ1n) is 5.04. The van der Waals surface area contributed by atoms with Crippen molar-refractivity contribution in [2.75, 3.05) is 6.61 Å². The number of esters is 1. The molecule has 3 nitrogen and oxygen atoms in total. The van der Waals surface area contributed by atoms with Gasteiger partial charge >= 0.3 is 5.97 Å². The van der Waals surface area contributed by atoms with E-state index in [2.05, 4.69) is 4.98 Å². The molecular weight excluding hydrogens is 245 g/mol. The van der Waals surface area contributed by atoms with Crippen LogP contribution in [0.1, 0.15) is 17.3 Å². The Morgan fingerprint density at radius 3 is 2.94 bits per heavy atom. The first-order valence-corrected chi connectivity index (χ1v) is 5.42. The molecule has 0 fully saturated rings. The number of carbonyl (C=O) groups excluding carboxylic acids is 1. The minimum absolute atomic E-state index is 0.131. The quantitative estimate of drug-likeness (QED) is 0.609. The third-order valence-corrected chi connectivity index (χ3v) is 2.43. The zero-order valence-electron chi connectivity index (χ0n) is 9.04. The summed E-state index contributed by atoms with van der Waals surface area (Å²) in [6.45, 7) is 1.98. The second-order valence-corrected chi connectivity index (χ2v) is 3.76. The monoisotopic (exact) mass is 253 g/mol. The lowest BCUT2D eigenvalue weighted by Crippen LogP contribution is -2.06. The normalized spacial score (nSPS) is 10.5. The van der Waals surface area contributed by atoms with Gasteiger partial charge in [-0.15, -0.1) is 0 Å². The largest absolute Gasteiger partial charge is 0.462 e. The number of carbonyl (C=O) groups is 1. The van der Waals surface area contributed by atoms with Crippen LogP contribution in [0.2, 0.25) is 5.15 Å². The van der Waals surface area contributed by atoms with Gasteiger partial charge in [0.05, 0.1) is 17.7 Å². The van der Waals surface area contributed by atoms with Crippen molar-refractivity contribution in [2.45, 2.75) is 6.92 Å². The fraction of sp³-hybridized carbons (Fsp3) is 0.167. The van der Waals surface area contributed by atoms with Crippen molar-refractivity contribution in [1.82, 2.24) is 4.98 Å². The number of halogens is 2. The molecule has 0 saturated heterocycles. The summed E-state index contributed by atoms with van der Waals surface area (Å²) in [5.74, 6) is -0.921. The fourth-order valence-corrected chi connectivity index (χ4v) is 1.75. The van der Waals surface area contributed by atoms with E-state index >= 15 is 0 Å². The average Bonchev–Trinajstić information content (AvgIpc) is 2.27. The van der Waals surface area contributed by atoms with Crippen molar-refractivity contribution in [3.05, 3.63) is 40.8 Å². The van der Waals surface area contributed by atoms with E-state index in [1.54, 1.807) is 6.92 Å². The van der Waals surface area contributed by atoms with Gasteiger partial charge in [-0.3, -0.25) is 0 Å². The van der Waals surface area contributed by atoms with Crippen LogP contribution in [-0.4, -0.2) is 17.6 Å². The molecule has 17 heavy (non-hydrogen) atoms. The highest BCUT2D eigenvalue weighted by Gasteiger charge is 2.13. The van der Waals surface area contributed by atoms with E-state index in [1.165, 1.54) is 24.3 Å². The number of benzene rings is 1. The fourth-order valence-electron chi connectivity index (χ4n) is 1.55. The molecule has 0 N–H and O–H groups in total. The number of ether oxygens (including phenoxy) is 1. The van der Waals surface area contributed by atoms with E-state index in [0.29, 0.717) is 16.5 Å². The molecule has 0 spiro atoms. The topological polar surface area (TPSA) is 39.2 Å². The minimum Gasteiger partial charge on any atom is -0.462 e. The van der Waals surface area contributed by atoms with Crippen LogP contribution in [0.5, 0.6) is 0 Å². The Kier molecular flexibility index (Phi) is 3.24. The molecule has 88 valence electrons. The Hall–Kier alpha value is -1.68. The summed E-state index contributed by atoms with van der Waals surface area (Å²) in [6, 6.07) is 5.39. The number of nitrogens with zero attached hydrogens (tertiary/aromatic N) is 1. The number of hydrogen-bond acceptors (Lipinski definition) is 3. The highest BCUT2D eigenvalue weighted by Crippen LogP contribution is 2.22. The summed E-state index contributed by atoms with van der Waals surface area (Å²) < 4.78 is 18.0. The van der Waals surface area contributed by atoms with Gasteiger partial charge in [0.2, 0.25) is 0 Å². The summed E-state index contributed by atoms with van der Waals surface area (Å²) in [5, 5.41) is 0.653. The van der Waals surface area contributed by atoms with Crippen LogP contribution >= 0.6 is 11.6 Å². The molecule has 0 radical (unpaired) electrons. The summed E-state index contributed by atoms with van der Waals surface area (Å²) in [5.41, 5.74) is 0.627. The van der Waals surface area contributed by atoms with Gasteiger partial charge in [0.25, 0.3) is 0 Å². The first-order chi connectivity index (χ1) is 8.11. The van der Waals surface area contributed by atoms with Crippen LogP contribution in [0.25, 0.3) is 10.9 Å². The Balaban J connectivity index is 2.65. The van der Waals surface area contributed by atoms with Gasteiger partial charge in [-0.05, 0) is 25.1 Å². The molecule has 0 aliphatic heterocycles. The molecule has 0 amide bonds. The van der Waals surface area contributed by atoms with Gasteiger partial charge in [0.15, 0.2) is 0 Å². The third kappa shape index (κ3) is 2.36. The molecule has 5 heteroatoms. The Labute approximate surface area is 102 Å². The molecule has 0 unspecified atom stereocenters. The second-order valence-electron chi connectivity index (χ2n) is 3.37. The predicted octanol–water partition coefficient (Wildman–Crippen LogP) is 3.20. The van der Waals surface area contributed by atoms with Crippen molar-refractivity contribution in [1.29, 1.82) is 0 Å². The highest BCUT2D eigenvalue weighted by atomic mass is 35.5. The summed E-state index contributed by atoms with van der Waals surface area (Å²) in [6.07, 6.45) is 0. The summed E-state index contributed by atoms with van der Waals surface area (Å²) in [4.78, 5) is 15.7. The molecule has 0 saturated carbocycles. The Morgan fingerprint density at radius 1 is 1.47 bits per heavy atom. The lowest BCUT2D eigenvalue weighted by Gasteiger charge is -2.06. The van der Waals surface area contributed by atoms with Gasteiger partial charge in [-0.2, -0.15) is 0 Å². The zero-order chi connectivity index (χ0) is 12.4. The number of hydrogen-bond donors (Lipinski definition) is 0. The summed E-state index contributed by atoms with van der Waals surface area (Å²) >= 11 is 5.78. The standard InChI is InChI=1S/C12H9ClFNO2/c1-2-17-12(16)9-6-11(13)15-10-5-7(14)3-4-8(9)10/h3-6H,2H2,1H3. The lowest BCUT2D eigenvalue weighted by atomic mass is 10.1. The van der Waals surface area contributed by atoms with Crippen molar-refractivity contribution in [3.8, 4) is 0 Å². The number of pyridine rings is 1. The van der Waals surface area contributed by atoms with Crippen LogP contribution < -0.4 is 0 Å². The molecule has 0 atom stereocenters. The van der Waals surface area contributed by atoms with Gasteiger partial charge in [-0.1, -0.05) is 11.6 Å². The zero-order valence-corrected chi connectivity index (χ0v) is 9.79. The van der Waals surface area contributed by atoms with Gasteiger partial charge in [-0.25, -0.2) is 14.2 Å². The van der Waals surface area contributed by atoms with E-state index in [0.717, 1.165) is 0 Å². The number of aromatic nitrogens is 1. The van der Waals surface area contributed by atoms with Crippen LogP contribution in [0, 0.1) is 5.82 Å². The van der Waals surface area contributed by atoms with Crippen molar-refractivity contribution < 1.29 is 13.9 Å². The van der Waals surface area contributed by atoms with Crippen LogP contribution in [0.4, 0.5) is 4.39 Å². The predicted molar refractivity (Wildman–Crippen MR) is 62.7 cm³/mol. The first kappa shape index (κ1) is 11.8. The van der Waals surface area contributed by atoms with Crippen molar-refractivity contribution >= 4 is 28.5 Å². The molecule has 2 rings (SSSR count). The molecule has 1 heterocycles. The SMILES string of the molecule is CCOC(=O)c1cc(Cl)nc2cc(F)ccc12. The number of fused-ring (bicyclic) bond motifs is 1. The Bertz CT molecular complexity index is 581. The summed E-state index contributed by atoms with van der Waals surface area (Å²) in [7, 11) is 0. The maximum Gasteiger partial charge on any atom is 0.338 e. The maximum atomic E-state index is 13.0. The molecule has 2 aromatic rings.